The minimum absolute atomic E-state index is 0.0295. The van der Waals surface area contributed by atoms with Gasteiger partial charge in [0.2, 0.25) is 0 Å². The van der Waals surface area contributed by atoms with Crippen LogP contribution in [-0.2, 0) is 6.54 Å². The molecule has 1 unspecified atom stereocenters. The van der Waals surface area contributed by atoms with Gasteiger partial charge in [-0.2, -0.15) is 0 Å². The second kappa shape index (κ2) is 7.52. The molecule has 0 saturated heterocycles. The Labute approximate surface area is 136 Å². The molecule has 0 N–H and O–H groups in total. The fourth-order valence-electron chi connectivity index (χ4n) is 2.64. The number of alkyl halides is 1. The first-order valence-corrected chi connectivity index (χ1v) is 8.09. The molecule has 1 aliphatic rings. The normalized spacial score (nSPS) is 16.7. The Morgan fingerprint density at radius 1 is 1.00 bits per heavy atom. The lowest BCUT2D eigenvalue weighted by Crippen LogP contribution is -2.41. The van der Waals surface area contributed by atoms with E-state index in [9.17, 15) is 0 Å². The summed E-state index contributed by atoms with van der Waals surface area (Å²) < 4.78 is 11.8. The zero-order valence-corrected chi connectivity index (χ0v) is 13.2. The Balaban J connectivity index is 1.62. The lowest BCUT2D eigenvalue weighted by atomic mass is 10.2. The molecule has 0 aliphatic carbocycles. The van der Waals surface area contributed by atoms with Crippen molar-refractivity contribution >= 4 is 11.6 Å². The zero-order chi connectivity index (χ0) is 15.2. The number of fused-ring (bicyclic) bond motifs is 1. The second-order valence-corrected chi connectivity index (χ2v) is 5.79. The molecule has 1 aliphatic heterocycles. The quantitative estimate of drug-likeness (QED) is 0.760. The predicted molar refractivity (Wildman–Crippen MR) is 88.8 cm³/mol. The molecule has 0 bridgehead atoms. The van der Waals surface area contributed by atoms with Crippen molar-refractivity contribution in [2.75, 3.05) is 25.6 Å². The maximum absolute atomic E-state index is 6.04. The summed E-state index contributed by atoms with van der Waals surface area (Å²) >= 11 is 5.95. The third-order valence-corrected chi connectivity index (χ3v) is 3.85. The highest BCUT2D eigenvalue weighted by atomic mass is 35.5. The van der Waals surface area contributed by atoms with Crippen molar-refractivity contribution < 1.29 is 9.47 Å². The molecule has 2 aromatic carbocycles. The summed E-state index contributed by atoms with van der Waals surface area (Å²) in [6, 6.07) is 18.2. The summed E-state index contributed by atoms with van der Waals surface area (Å²) in [5.41, 5.74) is 1.28. The maximum Gasteiger partial charge on any atom is 0.161 e. The minimum Gasteiger partial charge on any atom is -0.486 e. The van der Waals surface area contributed by atoms with Gasteiger partial charge in [0.1, 0.15) is 12.7 Å². The van der Waals surface area contributed by atoms with Crippen molar-refractivity contribution in [2.24, 2.45) is 0 Å². The van der Waals surface area contributed by atoms with E-state index in [0.717, 1.165) is 31.1 Å². The Bertz CT molecular complexity index is 591. The highest BCUT2D eigenvalue weighted by Crippen LogP contribution is 2.31. The molecule has 1 atom stereocenters. The van der Waals surface area contributed by atoms with Gasteiger partial charge in [0.25, 0.3) is 0 Å². The van der Waals surface area contributed by atoms with E-state index in [1.807, 2.05) is 30.3 Å². The van der Waals surface area contributed by atoms with Crippen molar-refractivity contribution in [3.8, 4) is 11.5 Å². The van der Waals surface area contributed by atoms with Crippen molar-refractivity contribution in [3.05, 3.63) is 60.2 Å². The molecule has 0 amide bonds. The molecule has 116 valence electrons. The summed E-state index contributed by atoms with van der Waals surface area (Å²) in [7, 11) is 0. The number of para-hydroxylation sites is 2. The van der Waals surface area contributed by atoms with Gasteiger partial charge >= 0.3 is 0 Å². The molecule has 3 nitrogen and oxygen atoms in total. The molecule has 0 fully saturated rings. The van der Waals surface area contributed by atoms with Gasteiger partial charge in [-0.3, -0.25) is 4.90 Å². The molecule has 3 rings (SSSR count). The fourth-order valence-corrected chi connectivity index (χ4v) is 2.88. The van der Waals surface area contributed by atoms with Crippen LogP contribution in [0.2, 0.25) is 0 Å². The van der Waals surface area contributed by atoms with Crippen LogP contribution in [0.1, 0.15) is 5.56 Å². The summed E-state index contributed by atoms with van der Waals surface area (Å²) in [6.07, 6.45) is 0.0295. The number of hydrogen-bond donors (Lipinski definition) is 0. The number of benzene rings is 2. The first-order chi connectivity index (χ1) is 10.8. The molecule has 0 spiro atoms. The first kappa shape index (κ1) is 15.2. The van der Waals surface area contributed by atoms with Crippen LogP contribution in [0, 0.1) is 0 Å². The van der Waals surface area contributed by atoms with Crippen LogP contribution in [-0.4, -0.2) is 36.6 Å². The number of nitrogens with zero attached hydrogens (tertiary/aromatic N) is 1. The van der Waals surface area contributed by atoms with Gasteiger partial charge < -0.3 is 9.47 Å². The van der Waals surface area contributed by atoms with Crippen molar-refractivity contribution in [3.63, 3.8) is 0 Å². The van der Waals surface area contributed by atoms with Gasteiger partial charge in [-0.15, -0.1) is 11.6 Å². The van der Waals surface area contributed by atoms with E-state index in [0.29, 0.717) is 12.5 Å². The number of halogens is 1. The molecular weight excluding hydrogens is 298 g/mol. The summed E-state index contributed by atoms with van der Waals surface area (Å²) in [6.45, 7) is 3.08. The van der Waals surface area contributed by atoms with Gasteiger partial charge in [-0.05, 0) is 17.7 Å². The molecule has 0 saturated carbocycles. The average molecular weight is 318 g/mol. The summed E-state index contributed by atoms with van der Waals surface area (Å²) in [4.78, 5) is 2.31. The van der Waals surface area contributed by atoms with Crippen molar-refractivity contribution in [1.29, 1.82) is 0 Å². The van der Waals surface area contributed by atoms with Crippen LogP contribution in [0.25, 0.3) is 0 Å². The first-order valence-electron chi connectivity index (χ1n) is 7.56. The summed E-state index contributed by atoms with van der Waals surface area (Å²) in [5.74, 6) is 2.26. The van der Waals surface area contributed by atoms with E-state index in [-0.39, 0.29) is 6.10 Å². The number of rotatable bonds is 6. The predicted octanol–water partition coefficient (Wildman–Crippen LogP) is 3.57. The highest BCUT2D eigenvalue weighted by molar-refractivity contribution is 6.18. The third-order valence-electron chi connectivity index (χ3n) is 3.68. The highest BCUT2D eigenvalue weighted by Gasteiger charge is 2.22. The standard InChI is InChI=1S/C18H20ClNO2/c19-10-11-20(12-15-6-2-1-3-7-15)13-16-14-21-17-8-4-5-9-18(17)22-16/h1-9,16H,10-14H2. The average Bonchev–Trinajstić information content (AvgIpc) is 2.56. The van der Waals surface area contributed by atoms with Crippen LogP contribution in [0.3, 0.4) is 0 Å². The molecule has 4 heteroatoms. The van der Waals surface area contributed by atoms with E-state index in [1.54, 1.807) is 0 Å². The largest absolute Gasteiger partial charge is 0.486 e. The SMILES string of the molecule is ClCCN(Cc1ccccc1)CC1COc2ccccc2O1. The molecule has 0 aromatic heterocycles. The van der Waals surface area contributed by atoms with Gasteiger partial charge in [0.15, 0.2) is 11.5 Å². The van der Waals surface area contributed by atoms with Gasteiger partial charge in [-0.25, -0.2) is 0 Å². The Kier molecular flexibility index (Phi) is 5.20. The zero-order valence-electron chi connectivity index (χ0n) is 12.5. The minimum atomic E-state index is 0.0295. The van der Waals surface area contributed by atoms with Gasteiger partial charge in [0, 0.05) is 25.5 Å². The van der Waals surface area contributed by atoms with E-state index < -0.39 is 0 Å². The van der Waals surface area contributed by atoms with Crippen molar-refractivity contribution in [2.45, 2.75) is 12.6 Å². The number of hydrogen-bond acceptors (Lipinski definition) is 3. The van der Waals surface area contributed by atoms with Gasteiger partial charge in [0.05, 0.1) is 0 Å². The Morgan fingerprint density at radius 3 is 2.50 bits per heavy atom. The monoisotopic (exact) mass is 317 g/mol. The molecule has 2 aromatic rings. The van der Waals surface area contributed by atoms with Crippen LogP contribution >= 0.6 is 11.6 Å². The molecule has 1 heterocycles. The van der Waals surface area contributed by atoms with Crippen LogP contribution in [0.5, 0.6) is 11.5 Å². The van der Waals surface area contributed by atoms with Crippen LogP contribution in [0.15, 0.2) is 54.6 Å². The maximum atomic E-state index is 6.04. The van der Waals surface area contributed by atoms with E-state index in [2.05, 4.69) is 29.2 Å². The topological polar surface area (TPSA) is 21.7 Å². The molecule has 22 heavy (non-hydrogen) atoms. The lowest BCUT2D eigenvalue weighted by molar-refractivity contribution is 0.0582. The van der Waals surface area contributed by atoms with Crippen LogP contribution < -0.4 is 9.47 Å². The van der Waals surface area contributed by atoms with E-state index in [1.165, 1.54) is 5.56 Å². The van der Waals surface area contributed by atoms with Crippen molar-refractivity contribution in [1.82, 2.24) is 4.90 Å². The third kappa shape index (κ3) is 3.93. The Morgan fingerprint density at radius 2 is 1.73 bits per heavy atom. The smallest absolute Gasteiger partial charge is 0.161 e. The second-order valence-electron chi connectivity index (χ2n) is 5.41. The fraction of sp³-hybridized carbons (Fsp3) is 0.333. The van der Waals surface area contributed by atoms with Crippen LogP contribution in [0.4, 0.5) is 0 Å². The van der Waals surface area contributed by atoms with E-state index in [4.69, 9.17) is 21.1 Å². The van der Waals surface area contributed by atoms with Gasteiger partial charge in [-0.1, -0.05) is 42.5 Å². The lowest BCUT2D eigenvalue weighted by Gasteiger charge is -2.31. The van der Waals surface area contributed by atoms with E-state index >= 15 is 0 Å². The Hall–Kier alpha value is -1.71. The molecular formula is C18H20ClNO2. The summed E-state index contributed by atoms with van der Waals surface area (Å²) in [5, 5.41) is 0. The number of ether oxygens (including phenoxy) is 2. The molecule has 0 radical (unpaired) electrons.